The van der Waals surface area contributed by atoms with Crippen LogP contribution in [0.1, 0.15) is 80.4 Å². The molecule has 3 amide bonds. The number of rotatable bonds is 12. The topological polar surface area (TPSA) is 112 Å². The maximum atomic E-state index is 14.0. The summed E-state index contributed by atoms with van der Waals surface area (Å²) in [5.41, 5.74) is 11.1. The molecule has 2 bridgehead atoms. The number of H-pyrrole nitrogens is 1. The number of likely N-dealkylation sites (tertiary alicyclic amines) is 1. The summed E-state index contributed by atoms with van der Waals surface area (Å²) < 4.78 is 0. The molecule has 1 aromatic carbocycles. The number of carbonyl (C=O) groups excluding carboxylic acids is 3. The summed E-state index contributed by atoms with van der Waals surface area (Å²) in [7, 11) is 0. The van der Waals surface area contributed by atoms with Crippen LogP contribution >= 0.6 is 23.1 Å². The Hall–Kier alpha value is -2.82. The highest BCUT2D eigenvalue weighted by atomic mass is 32.2. The van der Waals surface area contributed by atoms with Crippen molar-refractivity contribution in [2.24, 2.45) is 11.7 Å². The van der Waals surface area contributed by atoms with E-state index in [0.29, 0.717) is 18.5 Å². The van der Waals surface area contributed by atoms with Crippen LogP contribution in [-0.2, 0) is 26.2 Å². The van der Waals surface area contributed by atoms with Gasteiger partial charge in [-0.05, 0) is 133 Å². The monoisotopic (exact) mass is 677 g/mol. The Morgan fingerprint density at radius 2 is 1.66 bits per heavy atom. The standard InChI is InChI=1S/C37H51N5O3S2/c1-22-18-23(2)20-25(19-22)32-28(12-16-41-14-10-24(11-15-41)34(44)39-30(33(38)43)13-17-46-5)29-21-31(47-35(29)40-32)37(3,4)36(45)42-26-6-7-27(42)9-8-26/h18-21,24,26-27,30,40H,6-17H2,1-5H3,(H2,38,43)(H,39,44). The first-order valence-corrected chi connectivity index (χ1v) is 19.5. The van der Waals surface area contributed by atoms with Crippen molar-refractivity contribution in [3.63, 3.8) is 0 Å². The minimum absolute atomic E-state index is 0.0519. The van der Waals surface area contributed by atoms with Gasteiger partial charge in [-0.15, -0.1) is 11.3 Å². The number of nitrogens with two attached hydrogens (primary N) is 1. The van der Waals surface area contributed by atoms with Crippen LogP contribution in [0.4, 0.5) is 0 Å². The van der Waals surface area contributed by atoms with Crippen LogP contribution in [0.25, 0.3) is 21.5 Å². The third kappa shape index (κ3) is 7.01. The number of benzene rings is 1. The van der Waals surface area contributed by atoms with E-state index < -0.39 is 17.4 Å². The lowest BCUT2D eigenvalue weighted by atomic mass is 9.88. The molecule has 6 rings (SSSR count). The van der Waals surface area contributed by atoms with Crippen LogP contribution in [0.15, 0.2) is 24.3 Å². The molecule has 5 heterocycles. The van der Waals surface area contributed by atoms with Crippen molar-refractivity contribution in [1.29, 1.82) is 0 Å². The summed E-state index contributed by atoms with van der Waals surface area (Å²) in [6.45, 7) is 11.1. The van der Waals surface area contributed by atoms with E-state index in [0.717, 1.165) is 80.0 Å². The van der Waals surface area contributed by atoms with Gasteiger partial charge in [-0.25, -0.2) is 0 Å². The first kappa shape index (κ1) is 34.1. The smallest absolute Gasteiger partial charge is 0.240 e. The molecule has 47 heavy (non-hydrogen) atoms. The molecule has 254 valence electrons. The molecule has 0 radical (unpaired) electrons. The maximum Gasteiger partial charge on any atom is 0.240 e. The molecule has 3 aliphatic heterocycles. The van der Waals surface area contributed by atoms with E-state index in [2.05, 4.69) is 72.1 Å². The number of amides is 3. The number of piperidine rings is 1. The van der Waals surface area contributed by atoms with Crippen molar-refractivity contribution in [2.75, 3.05) is 31.6 Å². The van der Waals surface area contributed by atoms with Gasteiger partial charge in [0, 0.05) is 34.8 Å². The molecule has 3 fully saturated rings. The lowest BCUT2D eigenvalue weighted by molar-refractivity contribution is -0.137. The number of thioether (sulfide) groups is 1. The fraction of sp³-hybridized carbons (Fsp3) is 0.595. The zero-order chi connectivity index (χ0) is 33.5. The van der Waals surface area contributed by atoms with Crippen LogP contribution in [0, 0.1) is 19.8 Å². The number of nitrogens with zero attached hydrogens (tertiary/aromatic N) is 2. The molecule has 10 heteroatoms. The van der Waals surface area contributed by atoms with E-state index in [1.54, 1.807) is 23.1 Å². The molecule has 1 unspecified atom stereocenters. The zero-order valence-corrected chi connectivity index (χ0v) is 30.3. The predicted octanol–water partition coefficient (Wildman–Crippen LogP) is 5.92. The molecule has 2 aromatic heterocycles. The summed E-state index contributed by atoms with van der Waals surface area (Å²) in [5.74, 6) is 0.443. The van der Waals surface area contributed by atoms with E-state index in [-0.39, 0.29) is 17.7 Å². The summed E-state index contributed by atoms with van der Waals surface area (Å²) in [6.07, 6.45) is 9.54. The lowest BCUT2D eigenvalue weighted by Gasteiger charge is -2.32. The van der Waals surface area contributed by atoms with Crippen molar-refractivity contribution in [3.05, 3.63) is 45.8 Å². The van der Waals surface area contributed by atoms with Crippen LogP contribution in [0.3, 0.4) is 0 Å². The molecule has 0 saturated carbocycles. The van der Waals surface area contributed by atoms with Crippen LogP contribution in [-0.4, -0.2) is 82.3 Å². The van der Waals surface area contributed by atoms with Gasteiger partial charge in [0.15, 0.2) is 0 Å². The molecule has 0 aliphatic carbocycles. The molecular formula is C37H51N5O3S2. The Bertz CT molecular complexity index is 1600. The third-order valence-electron chi connectivity index (χ3n) is 10.9. The molecule has 3 saturated heterocycles. The summed E-state index contributed by atoms with van der Waals surface area (Å²) >= 11 is 3.38. The molecular weight excluding hydrogens is 627 g/mol. The van der Waals surface area contributed by atoms with E-state index in [9.17, 15) is 14.4 Å². The van der Waals surface area contributed by atoms with Gasteiger partial charge in [-0.3, -0.25) is 14.4 Å². The second kappa shape index (κ2) is 14.0. The molecule has 4 N–H and O–H groups in total. The van der Waals surface area contributed by atoms with Gasteiger partial charge in [0.1, 0.15) is 10.9 Å². The molecule has 0 spiro atoms. The average molecular weight is 678 g/mol. The first-order chi connectivity index (χ1) is 22.5. The quantitative estimate of drug-likeness (QED) is 0.220. The Labute approximate surface area is 287 Å². The number of aromatic amines is 1. The summed E-state index contributed by atoms with van der Waals surface area (Å²) in [5, 5.41) is 4.14. The van der Waals surface area contributed by atoms with Crippen LogP contribution in [0.2, 0.25) is 0 Å². The zero-order valence-electron chi connectivity index (χ0n) is 28.6. The van der Waals surface area contributed by atoms with Gasteiger partial charge >= 0.3 is 0 Å². The molecule has 1 atom stereocenters. The summed E-state index contributed by atoms with van der Waals surface area (Å²) in [4.78, 5) is 49.6. The van der Waals surface area contributed by atoms with E-state index >= 15 is 0 Å². The number of hydrogen-bond donors (Lipinski definition) is 3. The largest absolute Gasteiger partial charge is 0.368 e. The number of fused-ring (bicyclic) bond motifs is 3. The van der Waals surface area contributed by atoms with E-state index in [4.69, 9.17) is 5.73 Å². The van der Waals surface area contributed by atoms with Gasteiger partial charge in [0.2, 0.25) is 17.7 Å². The number of carbonyl (C=O) groups is 3. The highest BCUT2D eigenvalue weighted by Gasteiger charge is 2.47. The van der Waals surface area contributed by atoms with Crippen molar-refractivity contribution in [2.45, 2.75) is 103 Å². The van der Waals surface area contributed by atoms with Gasteiger partial charge in [0.25, 0.3) is 0 Å². The van der Waals surface area contributed by atoms with Crippen molar-refractivity contribution in [3.8, 4) is 11.3 Å². The first-order valence-electron chi connectivity index (χ1n) is 17.3. The second-order valence-corrected chi connectivity index (χ2v) is 16.7. The van der Waals surface area contributed by atoms with Gasteiger partial charge in [0.05, 0.1) is 11.1 Å². The number of aryl methyl sites for hydroxylation is 2. The highest BCUT2D eigenvalue weighted by molar-refractivity contribution is 7.98. The minimum Gasteiger partial charge on any atom is -0.368 e. The number of nitrogens with one attached hydrogen (secondary N) is 2. The van der Waals surface area contributed by atoms with Gasteiger partial charge < -0.3 is 25.8 Å². The van der Waals surface area contributed by atoms with E-state index in [1.165, 1.54) is 33.3 Å². The Kier molecular flexibility index (Phi) is 10.1. The molecule has 8 nitrogen and oxygen atoms in total. The molecule has 3 aromatic rings. The van der Waals surface area contributed by atoms with Crippen molar-refractivity contribution >= 4 is 51.0 Å². The predicted molar refractivity (Wildman–Crippen MR) is 194 cm³/mol. The SMILES string of the molecule is CSCCC(NC(=O)C1CCN(CCc2c(-c3cc(C)cc(C)c3)[nH]c3sc(C(C)(C)C(=O)N4C5CCC4CC5)cc23)CC1)C(N)=O. The van der Waals surface area contributed by atoms with E-state index in [1.807, 2.05) is 6.26 Å². The molecule has 3 aliphatic rings. The minimum atomic E-state index is -0.603. The number of thiophene rings is 1. The Balaban J connectivity index is 1.19. The Morgan fingerprint density at radius 1 is 1.02 bits per heavy atom. The van der Waals surface area contributed by atoms with Gasteiger partial charge in [-0.2, -0.15) is 11.8 Å². The fourth-order valence-electron chi connectivity index (χ4n) is 8.14. The Morgan fingerprint density at radius 3 is 2.26 bits per heavy atom. The second-order valence-electron chi connectivity index (χ2n) is 14.6. The number of aromatic nitrogens is 1. The number of hydrogen-bond acceptors (Lipinski definition) is 6. The van der Waals surface area contributed by atoms with Crippen molar-refractivity contribution < 1.29 is 14.4 Å². The normalized spacial score (nSPS) is 21.1. The third-order valence-corrected chi connectivity index (χ3v) is 12.9. The fourth-order valence-corrected chi connectivity index (χ4v) is 9.79. The average Bonchev–Trinajstić information content (AvgIpc) is 3.82. The van der Waals surface area contributed by atoms with Crippen LogP contribution < -0.4 is 11.1 Å². The van der Waals surface area contributed by atoms with Gasteiger partial charge in [-0.1, -0.05) is 17.2 Å². The lowest BCUT2D eigenvalue weighted by Crippen LogP contribution is -2.49. The summed E-state index contributed by atoms with van der Waals surface area (Å²) in [6, 6.07) is 9.25. The van der Waals surface area contributed by atoms with Crippen LogP contribution in [0.5, 0.6) is 0 Å². The maximum absolute atomic E-state index is 14.0. The van der Waals surface area contributed by atoms with Crippen molar-refractivity contribution in [1.82, 2.24) is 20.1 Å². The highest BCUT2D eigenvalue weighted by Crippen LogP contribution is 2.44. The number of primary amides is 1.